The van der Waals surface area contributed by atoms with Crippen LogP contribution in [-0.2, 0) is 26.7 Å². The van der Waals surface area contributed by atoms with Gasteiger partial charge in [0.1, 0.15) is 0 Å². The lowest BCUT2D eigenvalue weighted by Crippen LogP contribution is -2.42. The summed E-state index contributed by atoms with van der Waals surface area (Å²) in [6.45, 7) is 0.511. The lowest BCUT2D eigenvalue weighted by Gasteiger charge is -2.21. The predicted octanol–water partition coefficient (Wildman–Crippen LogP) is 0.277. The van der Waals surface area contributed by atoms with Crippen molar-refractivity contribution in [3.63, 3.8) is 0 Å². The van der Waals surface area contributed by atoms with Gasteiger partial charge in [-0.25, -0.2) is 17.4 Å². The molecule has 0 fully saturated rings. The maximum Gasteiger partial charge on any atom is 0.278 e. The molecule has 0 atom stereocenters. The average molecular weight is 364 g/mol. The monoisotopic (exact) mass is 363 g/mol. The quantitative estimate of drug-likeness (QED) is 0.647. The van der Waals surface area contributed by atoms with Crippen molar-refractivity contribution in [1.29, 1.82) is 0 Å². The maximum atomic E-state index is 11.8. The van der Waals surface area contributed by atoms with Gasteiger partial charge >= 0.3 is 0 Å². The van der Waals surface area contributed by atoms with E-state index in [0.29, 0.717) is 13.0 Å². The molecule has 23 heavy (non-hydrogen) atoms. The number of nitrogens with one attached hydrogen (secondary N) is 1. The molecule has 1 aromatic carbocycles. The average Bonchev–Trinajstić information content (AvgIpc) is 2.45. The van der Waals surface area contributed by atoms with Crippen LogP contribution in [0, 0.1) is 0 Å². The summed E-state index contributed by atoms with van der Waals surface area (Å²) in [7, 11) is -4.09. The Labute approximate surface area is 139 Å². The largest absolute Gasteiger partial charge is 0.278 e. The molecular formula is C14H25N3O4S2. The van der Waals surface area contributed by atoms with E-state index in [9.17, 15) is 16.8 Å². The van der Waals surface area contributed by atoms with Crippen molar-refractivity contribution in [2.75, 3.05) is 40.0 Å². The third kappa shape index (κ3) is 7.40. The summed E-state index contributed by atoms with van der Waals surface area (Å²) in [6, 6.07) is 9.81. The molecule has 0 aromatic heterocycles. The van der Waals surface area contributed by atoms with Crippen molar-refractivity contribution in [2.24, 2.45) is 0 Å². The van der Waals surface area contributed by atoms with Gasteiger partial charge < -0.3 is 0 Å². The Kier molecular flexibility index (Phi) is 7.62. The molecule has 0 aliphatic heterocycles. The first-order valence-electron chi connectivity index (χ1n) is 7.29. The topological polar surface area (TPSA) is 86.8 Å². The van der Waals surface area contributed by atoms with Crippen LogP contribution in [-0.4, -0.2) is 65.4 Å². The van der Waals surface area contributed by atoms with Crippen LogP contribution in [0.3, 0.4) is 0 Å². The van der Waals surface area contributed by atoms with Gasteiger partial charge in [-0.05, 0) is 18.4 Å². The molecule has 0 aliphatic rings. The summed E-state index contributed by atoms with van der Waals surface area (Å²) in [5, 5.41) is 0. The summed E-state index contributed by atoms with van der Waals surface area (Å²) in [4.78, 5) is 0. The van der Waals surface area contributed by atoms with Crippen LogP contribution >= 0.6 is 0 Å². The normalized spacial score (nSPS) is 12.9. The highest BCUT2D eigenvalue weighted by Crippen LogP contribution is 2.06. The fourth-order valence-electron chi connectivity index (χ4n) is 1.98. The minimum absolute atomic E-state index is 0.0406. The SMILES string of the molecule is CN(C)S(=O)(=O)NCCN(CCCc1ccccc1)S(C)(=O)=O. The van der Waals surface area contributed by atoms with Gasteiger partial charge in [0.25, 0.3) is 10.2 Å². The first-order valence-corrected chi connectivity index (χ1v) is 10.6. The van der Waals surface area contributed by atoms with Gasteiger partial charge in [-0.1, -0.05) is 30.3 Å². The lowest BCUT2D eigenvalue weighted by atomic mass is 10.1. The first kappa shape index (κ1) is 20.0. The number of hydrogen-bond donors (Lipinski definition) is 1. The van der Waals surface area contributed by atoms with Gasteiger partial charge in [-0.15, -0.1) is 0 Å². The van der Waals surface area contributed by atoms with Crippen molar-refractivity contribution >= 4 is 20.2 Å². The first-order chi connectivity index (χ1) is 10.6. The molecule has 132 valence electrons. The highest BCUT2D eigenvalue weighted by molar-refractivity contribution is 7.88. The van der Waals surface area contributed by atoms with E-state index in [1.54, 1.807) is 0 Å². The van der Waals surface area contributed by atoms with Crippen LogP contribution in [0.5, 0.6) is 0 Å². The zero-order valence-electron chi connectivity index (χ0n) is 13.8. The van der Waals surface area contributed by atoms with E-state index >= 15 is 0 Å². The number of hydrogen-bond acceptors (Lipinski definition) is 4. The summed E-state index contributed by atoms with van der Waals surface area (Å²) in [6.07, 6.45) is 2.59. The van der Waals surface area contributed by atoms with E-state index in [2.05, 4.69) is 4.72 Å². The zero-order valence-corrected chi connectivity index (χ0v) is 15.4. The van der Waals surface area contributed by atoms with E-state index in [1.165, 1.54) is 18.4 Å². The standard InChI is InChI=1S/C14H25N3O4S2/c1-16(2)23(20,21)15-11-13-17(22(3,18)19)12-7-10-14-8-5-4-6-9-14/h4-6,8-9,15H,7,10-13H2,1-3H3. The molecule has 0 unspecified atom stereocenters. The molecule has 0 amide bonds. The molecule has 1 N–H and O–H groups in total. The third-order valence-electron chi connectivity index (χ3n) is 3.31. The van der Waals surface area contributed by atoms with Gasteiger partial charge in [-0.3, -0.25) is 0 Å². The van der Waals surface area contributed by atoms with Crippen molar-refractivity contribution in [3.05, 3.63) is 35.9 Å². The van der Waals surface area contributed by atoms with Crippen molar-refractivity contribution < 1.29 is 16.8 Å². The highest BCUT2D eigenvalue weighted by Gasteiger charge is 2.18. The van der Waals surface area contributed by atoms with E-state index in [4.69, 9.17) is 0 Å². The molecule has 0 heterocycles. The Morgan fingerprint density at radius 3 is 2.13 bits per heavy atom. The Morgan fingerprint density at radius 2 is 1.61 bits per heavy atom. The van der Waals surface area contributed by atoms with Gasteiger partial charge in [-0.2, -0.15) is 12.7 Å². The second-order valence-corrected chi connectivity index (χ2v) is 9.38. The molecule has 1 aromatic rings. The van der Waals surface area contributed by atoms with Crippen LogP contribution in [0.1, 0.15) is 12.0 Å². The molecular weight excluding hydrogens is 338 g/mol. The minimum Gasteiger partial charge on any atom is -0.213 e. The lowest BCUT2D eigenvalue weighted by molar-refractivity contribution is 0.407. The number of aryl methyl sites for hydroxylation is 1. The molecule has 0 saturated carbocycles. The molecule has 0 aliphatic carbocycles. The summed E-state index contributed by atoms with van der Waals surface area (Å²) < 4.78 is 51.5. The summed E-state index contributed by atoms with van der Waals surface area (Å²) in [5.74, 6) is 0. The zero-order chi connectivity index (χ0) is 17.5. The van der Waals surface area contributed by atoms with Crippen molar-refractivity contribution in [2.45, 2.75) is 12.8 Å². The van der Waals surface area contributed by atoms with Crippen LogP contribution in [0.4, 0.5) is 0 Å². The summed E-state index contributed by atoms with van der Waals surface area (Å²) in [5.41, 5.74) is 1.15. The minimum atomic E-state index is -3.54. The van der Waals surface area contributed by atoms with E-state index in [-0.39, 0.29) is 13.1 Å². The Bertz CT molecular complexity index is 673. The molecule has 1 rings (SSSR count). The van der Waals surface area contributed by atoms with Crippen LogP contribution in [0.25, 0.3) is 0 Å². The Balaban J connectivity index is 2.51. The molecule has 0 saturated heterocycles. The second-order valence-electron chi connectivity index (χ2n) is 5.43. The number of rotatable bonds is 10. The van der Waals surface area contributed by atoms with Gasteiger partial charge in [0.15, 0.2) is 0 Å². The fraction of sp³-hybridized carbons (Fsp3) is 0.571. The molecule has 9 heteroatoms. The molecule has 0 spiro atoms. The third-order valence-corrected chi connectivity index (χ3v) is 6.14. The van der Waals surface area contributed by atoms with E-state index < -0.39 is 20.2 Å². The summed E-state index contributed by atoms with van der Waals surface area (Å²) >= 11 is 0. The highest BCUT2D eigenvalue weighted by atomic mass is 32.2. The van der Waals surface area contributed by atoms with Gasteiger partial charge in [0.2, 0.25) is 10.0 Å². The van der Waals surface area contributed by atoms with Crippen molar-refractivity contribution in [3.8, 4) is 0 Å². The van der Waals surface area contributed by atoms with E-state index in [0.717, 1.165) is 22.5 Å². The fourth-order valence-corrected chi connectivity index (χ4v) is 3.47. The molecule has 7 nitrogen and oxygen atoms in total. The van der Waals surface area contributed by atoms with Gasteiger partial charge in [0.05, 0.1) is 6.26 Å². The smallest absolute Gasteiger partial charge is 0.213 e. The van der Waals surface area contributed by atoms with E-state index in [1.807, 2.05) is 30.3 Å². The van der Waals surface area contributed by atoms with Crippen LogP contribution < -0.4 is 4.72 Å². The molecule has 0 bridgehead atoms. The Morgan fingerprint density at radius 1 is 1.00 bits per heavy atom. The van der Waals surface area contributed by atoms with Crippen LogP contribution in [0.15, 0.2) is 30.3 Å². The number of nitrogens with zero attached hydrogens (tertiary/aromatic N) is 2. The maximum absolute atomic E-state index is 11.8. The number of sulfonamides is 1. The van der Waals surface area contributed by atoms with Crippen LogP contribution in [0.2, 0.25) is 0 Å². The Hall–Kier alpha value is -1.00. The number of benzene rings is 1. The molecule has 0 radical (unpaired) electrons. The predicted molar refractivity (Wildman–Crippen MR) is 91.8 cm³/mol. The van der Waals surface area contributed by atoms with Crippen molar-refractivity contribution in [1.82, 2.24) is 13.3 Å². The van der Waals surface area contributed by atoms with Gasteiger partial charge in [0, 0.05) is 33.7 Å². The second kappa shape index (κ2) is 8.74.